The minimum Gasteiger partial charge on any atom is -0.490 e. The van der Waals surface area contributed by atoms with E-state index >= 15 is 0 Å². The molecule has 0 aliphatic carbocycles. The van der Waals surface area contributed by atoms with E-state index in [0.717, 1.165) is 54.4 Å². The lowest BCUT2D eigenvalue weighted by Gasteiger charge is -2.27. The van der Waals surface area contributed by atoms with E-state index in [9.17, 15) is 10.1 Å². The van der Waals surface area contributed by atoms with Crippen LogP contribution in [0.5, 0.6) is 11.5 Å². The van der Waals surface area contributed by atoms with Crippen molar-refractivity contribution in [2.24, 2.45) is 0 Å². The number of ether oxygens (including phenoxy) is 2. The number of benzene rings is 5. The summed E-state index contributed by atoms with van der Waals surface area (Å²) in [5.74, 6) is 1.53. The van der Waals surface area contributed by atoms with Gasteiger partial charge >= 0.3 is 0 Å². The molecule has 0 atom stereocenters. The third-order valence-electron chi connectivity index (χ3n) is 10.7. The zero-order chi connectivity index (χ0) is 37.2. The summed E-state index contributed by atoms with van der Waals surface area (Å²) in [4.78, 5) is 13.9. The van der Waals surface area contributed by atoms with Crippen LogP contribution in [0, 0.1) is 10.1 Å². The standard InChI is InChI=1S/C46H48N3O4/c1-6-52-40-20-12-13-21-41(40)53-31-15-29-47-39-26-24-34-18-10-11-19-36(34)44(39)46(4,5)43(47)23-14-22-42-45(2,3)37-32-35(49(50)51)25-27-38(37)48(42)30-28-33-16-8-7-9-17-33/h7-14,16-27,32H,6,15,28-31H2,1-5H3/q+1. The average Bonchev–Trinajstić information content (AvgIpc) is 3.51. The summed E-state index contributed by atoms with van der Waals surface area (Å²) < 4.78 is 14.5. The lowest BCUT2D eigenvalue weighted by atomic mass is 9.79. The minimum absolute atomic E-state index is 0.117. The Labute approximate surface area is 312 Å². The summed E-state index contributed by atoms with van der Waals surface area (Å²) in [6.07, 6.45) is 8.33. The van der Waals surface area contributed by atoms with E-state index in [2.05, 4.69) is 116 Å². The molecule has 0 aromatic heterocycles. The van der Waals surface area contributed by atoms with Crippen LogP contribution in [0.4, 0.5) is 17.1 Å². The monoisotopic (exact) mass is 706 g/mol. The van der Waals surface area contributed by atoms with Crippen molar-refractivity contribution >= 4 is 33.5 Å². The second-order valence-corrected chi connectivity index (χ2v) is 14.8. The molecule has 2 aliphatic rings. The SMILES string of the molecule is CCOc1ccccc1OCCC[N+]1=C(/C=C/C=C2/N(CCc3ccccc3)c3ccc([N+](=O)[O-])cc3C2(C)C)C(C)(C)c2c1ccc1ccccc21. The largest absolute Gasteiger partial charge is 0.490 e. The fourth-order valence-corrected chi connectivity index (χ4v) is 8.16. The smallest absolute Gasteiger partial charge is 0.269 e. The third-order valence-corrected chi connectivity index (χ3v) is 10.7. The van der Waals surface area contributed by atoms with Gasteiger partial charge in [-0.15, -0.1) is 0 Å². The van der Waals surface area contributed by atoms with E-state index in [1.807, 2.05) is 43.3 Å². The molecule has 0 saturated heterocycles. The summed E-state index contributed by atoms with van der Waals surface area (Å²) in [6.45, 7) is 13.6. The van der Waals surface area contributed by atoms with Gasteiger partial charge in [0.2, 0.25) is 5.69 Å². The molecule has 0 radical (unpaired) electrons. The van der Waals surface area contributed by atoms with Gasteiger partial charge in [-0.2, -0.15) is 4.58 Å². The Morgan fingerprint density at radius 1 is 0.830 bits per heavy atom. The molecule has 0 N–H and O–H groups in total. The molecule has 0 unspecified atom stereocenters. The van der Waals surface area contributed by atoms with Crippen molar-refractivity contribution < 1.29 is 19.0 Å². The van der Waals surface area contributed by atoms with E-state index < -0.39 is 5.41 Å². The fraction of sp³-hybridized carbons (Fsp3) is 0.283. The first-order valence-electron chi connectivity index (χ1n) is 18.6. The number of nitro groups is 1. The van der Waals surface area contributed by atoms with Crippen LogP contribution in [0.15, 0.2) is 133 Å². The molecule has 0 bridgehead atoms. The maximum absolute atomic E-state index is 11.8. The maximum Gasteiger partial charge on any atom is 0.269 e. The topological polar surface area (TPSA) is 67.8 Å². The first kappa shape index (κ1) is 35.7. The van der Waals surface area contributed by atoms with Gasteiger partial charge in [0, 0.05) is 59.6 Å². The number of nitrogens with zero attached hydrogens (tertiary/aromatic N) is 3. The molecule has 7 rings (SSSR count). The quantitative estimate of drug-likeness (QED) is 0.0528. The second kappa shape index (κ2) is 14.7. The van der Waals surface area contributed by atoms with Gasteiger partial charge in [0.25, 0.3) is 5.69 Å². The van der Waals surface area contributed by atoms with Gasteiger partial charge < -0.3 is 14.4 Å². The van der Waals surface area contributed by atoms with Crippen LogP contribution in [-0.4, -0.2) is 41.5 Å². The van der Waals surface area contributed by atoms with Crippen molar-refractivity contribution in [1.82, 2.24) is 0 Å². The van der Waals surface area contributed by atoms with E-state index in [4.69, 9.17) is 9.47 Å². The highest BCUT2D eigenvalue weighted by atomic mass is 16.6. The Kier molecular flexibility index (Phi) is 9.93. The van der Waals surface area contributed by atoms with Crippen molar-refractivity contribution in [2.75, 3.05) is 31.2 Å². The number of rotatable bonds is 13. The Morgan fingerprint density at radius 3 is 2.30 bits per heavy atom. The summed E-state index contributed by atoms with van der Waals surface area (Å²) in [7, 11) is 0. The highest BCUT2D eigenvalue weighted by Gasteiger charge is 2.46. The predicted molar refractivity (Wildman–Crippen MR) is 215 cm³/mol. The molecule has 0 fully saturated rings. The average molecular weight is 707 g/mol. The molecule has 270 valence electrons. The van der Waals surface area contributed by atoms with Crippen molar-refractivity contribution in [3.8, 4) is 11.5 Å². The maximum atomic E-state index is 11.8. The Morgan fingerprint density at radius 2 is 1.55 bits per heavy atom. The first-order chi connectivity index (χ1) is 25.6. The summed E-state index contributed by atoms with van der Waals surface area (Å²) >= 11 is 0. The summed E-state index contributed by atoms with van der Waals surface area (Å²) in [6, 6.07) is 36.7. The lowest BCUT2D eigenvalue weighted by Crippen LogP contribution is -2.29. The molecule has 0 amide bonds. The summed E-state index contributed by atoms with van der Waals surface area (Å²) in [5.41, 5.74) is 7.55. The number of hydrogen-bond acceptors (Lipinski definition) is 5. The molecule has 2 aliphatic heterocycles. The Balaban J connectivity index is 1.24. The first-order valence-corrected chi connectivity index (χ1v) is 18.6. The number of hydrogen-bond donors (Lipinski definition) is 0. The van der Waals surface area contributed by atoms with Gasteiger partial charge in [-0.25, -0.2) is 0 Å². The number of anilines is 1. The van der Waals surface area contributed by atoms with Crippen LogP contribution < -0.4 is 14.4 Å². The van der Waals surface area contributed by atoms with Gasteiger partial charge in [-0.05, 0) is 79.4 Å². The molecule has 5 aromatic rings. The zero-order valence-electron chi connectivity index (χ0n) is 31.3. The molecular weight excluding hydrogens is 659 g/mol. The fourth-order valence-electron chi connectivity index (χ4n) is 8.16. The highest BCUT2D eigenvalue weighted by Crippen LogP contribution is 2.49. The van der Waals surface area contributed by atoms with Crippen LogP contribution in [0.25, 0.3) is 10.8 Å². The second-order valence-electron chi connectivity index (χ2n) is 14.8. The van der Waals surface area contributed by atoms with Gasteiger partial charge in [-0.1, -0.05) is 86.7 Å². The predicted octanol–water partition coefficient (Wildman–Crippen LogP) is 10.5. The molecule has 53 heavy (non-hydrogen) atoms. The molecule has 0 spiro atoms. The van der Waals surface area contributed by atoms with Crippen LogP contribution >= 0.6 is 0 Å². The normalized spacial score (nSPS) is 16.4. The minimum atomic E-state index is -0.438. The number of non-ortho nitro benzene ring substituents is 1. The number of fused-ring (bicyclic) bond motifs is 4. The van der Waals surface area contributed by atoms with Gasteiger partial charge in [0.05, 0.1) is 23.6 Å². The van der Waals surface area contributed by atoms with Crippen molar-refractivity contribution in [2.45, 2.75) is 58.3 Å². The molecule has 7 nitrogen and oxygen atoms in total. The molecule has 5 aromatic carbocycles. The van der Waals surface area contributed by atoms with Crippen molar-refractivity contribution in [3.05, 3.63) is 160 Å². The third kappa shape index (κ3) is 6.84. The van der Waals surface area contributed by atoms with Crippen LogP contribution in [0.2, 0.25) is 0 Å². The number of allylic oxidation sites excluding steroid dienone is 4. The van der Waals surface area contributed by atoms with E-state index in [-0.39, 0.29) is 16.0 Å². The Bertz CT molecular complexity index is 2250. The van der Waals surface area contributed by atoms with E-state index in [1.54, 1.807) is 12.1 Å². The number of nitro benzene ring substituents is 1. The molecule has 2 heterocycles. The summed E-state index contributed by atoms with van der Waals surface area (Å²) in [5, 5.41) is 14.3. The molecular formula is C46H48N3O4+. The lowest BCUT2D eigenvalue weighted by molar-refractivity contribution is -0.438. The molecule has 0 saturated carbocycles. The van der Waals surface area contributed by atoms with Crippen molar-refractivity contribution in [3.63, 3.8) is 0 Å². The van der Waals surface area contributed by atoms with Crippen LogP contribution in [0.1, 0.15) is 57.7 Å². The number of para-hydroxylation sites is 2. The van der Waals surface area contributed by atoms with Crippen LogP contribution in [0.3, 0.4) is 0 Å². The van der Waals surface area contributed by atoms with E-state index in [0.29, 0.717) is 13.2 Å². The van der Waals surface area contributed by atoms with Gasteiger partial charge in [-0.3, -0.25) is 10.1 Å². The van der Waals surface area contributed by atoms with Crippen LogP contribution in [-0.2, 0) is 17.3 Å². The Hall–Kier alpha value is -5.69. The zero-order valence-corrected chi connectivity index (χ0v) is 31.3. The van der Waals surface area contributed by atoms with Gasteiger partial charge in [0.1, 0.15) is 0 Å². The highest BCUT2D eigenvalue weighted by molar-refractivity contribution is 6.07. The molecule has 7 heteroatoms. The van der Waals surface area contributed by atoms with Crippen molar-refractivity contribution in [1.29, 1.82) is 0 Å². The van der Waals surface area contributed by atoms with E-state index in [1.165, 1.54) is 33.3 Å². The van der Waals surface area contributed by atoms with Gasteiger partial charge in [0.15, 0.2) is 23.8 Å².